The topological polar surface area (TPSA) is 83.2 Å². The molecule has 2 unspecified atom stereocenters. The van der Waals surface area contributed by atoms with Gasteiger partial charge in [0.05, 0.1) is 41.2 Å². The van der Waals surface area contributed by atoms with Crippen molar-refractivity contribution in [3.05, 3.63) is 57.8 Å². The summed E-state index contributed by atoms with van der Waals surface area (Å²) < 4.78 is 22.3. The van der Waals surface area contributed by atoms with Crippen LogP contribution in [-0.4, -0.2) is 66.2 Å². The SMILES string of the molecule is Cc1c(Cl)cnc2c3c(nn12)CN(C(=O)c1ccc(F)cc1OC1C[C@H]2CC[C@@H](C1)N2CC(C)O)C3. The fourth-order valence-electron chi connectivity index (χ4n) is 6.07. The summed E-state index contributed by atoms with van der Waals surface area (Å²) in [5.41, 5.74) is 3.53. The van der Waals surface area contributed by atoms with Crippen molar-refractivity contribution < 1.29 is 19.0 Å². The Morgan fingerprint density at radius 3 is 2.75 bits per heavy atom. The summed E-state index contributed by atoms with van der Waals surface area (Å²) in [6.45, 7) is 5.06. The number of rotatable bonds is 5. The molecule has 8 nitrogen and oxygen atoms in total. The van der Waals surface area contributed by atoms with Gasteiger partial charge in [0, 0.05) is 36.5 Å². The van der Waals surface area contributed by atoms with E-state index in [1.165, 1.54) is 18.2 Å². The van der Waals surface area contributed by atoms with Gasteiger partial charge < -0.3 is 14.7 Å². The van der Waals surface area contributed by atoms with E-state index in [0.717, 1.165) is 42.6 Å². The molecule has 2 saturated heterocycles. The Balaban J connectivity index is 1.21. The van der Waals surface area contributed by atoms with Crippen molar-refractivity contribution in [2.24, 2.45) is 0 Å². The molecule has 2 aromatic heterocycles. The molecule has 0 aliphatic carbocycles. The molecule has 0 radical (unpaired) electrons. The molecule has 1 N–H and O–H groups in total. The second-order valence-electron chi connectivity index (χ2n) is 10.3. The van der Waals surface area contributed by atoms with Crippen molar-refractivity contribution in [2.75, 3.05) is 6.54 Å². The highest BCUT2D eigenvalue weighted by atomic mass is 35.5. The van der Waals surface area contributed by atoms with Gasteiger partial charge in [-0.2, -0.15) is 5.10 Å². The number of aromatic nitrogens is 3. The Bertz CT molecular complexity index is 1330. The van der Waals surface area contributed by atoms with Gasteiger partial charge in [0.15, 0.2) is 5.65 Å². The number of aryl methyl sites for hydroxylation is 1. The molecule has 3 aliphatic rings. The standard InChI is InChI=1S/C26H29ClFN5O3/c1-14(34)11-32-17-4-5-18(32)9-19(8-17)36-24-7-16(28)3-6-20(24)26(35)31-12-21-23(13-31)30-33-15(2)22(27)10-29-25(21)33/h3,6-7,10,14,17-19,34H,4-5,8-9,11-13H2,1-2H3/t14?,17-,18+,19?. The van der Waals surface area contributed by atoms with E-state index < -0.39 is 5.82 Å². The second-order valence-corrected chi connectivity index (χ2v) is 10.7. The fourth-order valence-corrected chi connectivity index (χ4v) is 6.20. The van der Waals surface area contributed by atoms with Crippen LogP contribution in [0.3, 0.4) is 0 Å². The summed E-state index contributed by atoms with van der Waals surface area (Å²) in [6, 6.07) is 4.80. The van der Waals surface area contributed by atoms with Crippen molar-refractivity contribution in [3.8, 4) is 5.75 Å². The maximum absolute atomic E-state index is 14.3. The number of ether oxygens (including phenoxy) is 1. The molecule has 1 aromatic carbocycles. The van der Waals surface area contributed by atoms with Gasteiger partial charge in [-0.05, 0) is 51.7 Å². The average molecular weight is 514 g/mol. The summed E-state index contributed by atoms with van der Waals surface area (Å²) in [7, 11) is 0. The van der Waals surface area contributed by atoms with Crippen LogP contribution in [0.25, 0.3) is 5.65 Å². The third-order valence-corrected chi connectivity index (χ3v) is 8.13. The Hall–Kier alpha value is -2.75. The van der Waals surface area contributed by atoms with Gasteiger partial charge in [-0.1, -0.05) is 11.6 Å². The highest BCUT2D eigenvalue weighted by Gasteiger charge is 2.42. The zero-order valence-electron chi connectivity index (χ0n) is 20.3. The molecule has 5 heterocycles. The molecule has 3 aliphatic heterocycles. The van der Waals surface area contributed by atoms with Gasteiger partial charge in [-0.15, -0.1) is 0 Å². The van der Waals surface area contributed by atoms with E-state index in [0.29, 0.717) is 48.0 Å². The lowest BCUT2D eigenvalue weighted by Crippen LogP contribution is -2.48. The van der Waals surface area contributed by atoms with E-state index in [4.69, 9.17) is 16.3 Å². The van der Waals surface area contributed by atoms with Crippen molar-refractivity contribution in [2.45, 2.75) is 76.9 Å². The van der Waals surface area contributed by atoms with Gasteiger partial charge in [0.25, 0.3) is 5.91 Å². The molecule has 2 fully saturated rings. The summed E-state index contributed by atoms with van der Waals surface area (Å²) in [5, 5.41) is 15.0. The normalized spacial score (nSPS) is 24.4. The van der Waals surface area contributed by atoms with Gasteiger partial charge >= 0.3 is 0 Å². The Kier molecular flexibility index (Phi) is 5.89. The number of carbonyl (C=O) groups is 1. The minimum absolute atomic E-state index is 0.0991. The van der Waals surface area contributed by atoms with Crippen LogP contribution >= 0.6 is 11.6 Å². The molecule has 2 bridgehead atoms. The van der Waals surface area contributed by atoms with Crippen LogP contribution in [0.5, 0.6) is 5.75 Å². The highest BCUT2D eigenvalue weighted by Crippen LogP contribution is 2.38. The maximum atomic E-state index is 14.3. The Labute approximate surface area is 213 Å². The third kappa shape index (κ3) is 4.03. The van der Waals surface area contributed by atoms with E-state index in [9.17, 15) is 14.3 Å². The van der Waals surface area contributed by atoms with Crippen LogP contribution in [0.2, 0.25) is 5.02 Å². The summed E-state index contributed by atoms with van der Waals surface area (Å²) in [6.07, 6.45) is 4.86. The van der Waals surface area contributed by atoms with Crippen LogP contribution < -0.4 is 4.74 Å². The molecule has 190 valence electrons. The highest BCUT2D eigenvalue weighted by molar-refractivity contribution is 6.31. The lowest BCUT2D eigenvalue weighted by atomic mass is 9.99. The maximum Gasteiger partial charge on any atom is 0.258 e. The van der Waals surface area contributed by atoms with E-state index >= 15 is 0 Å². The second kappa shape index (κ2) is 8.97. The number of benzene rings is 1. The van der Waals surface area contributed by atoms with Gasteiger partial charge in [-0.3, -0.25) is 9.69 Å². The first-order chi connectivity index (χ1) is 17.3. The van der Waals surface area contributed by atoms with Gasteiger partial charge in [0.2, 0.25) is 0 Å². The molecular formula is C26H29ClFN5O3. The van der Waals surface area contributed by atoms with Crippen LogP contribution in [0.15, 0.2) is 24.4 Å². The molecule has 3 aromatic rings. The quantitative estimate of drug-likeness (QED) is 0.559. The number of piperidine rings is 1. The molecule has 0 spiro atoms. The number of amides is 1. The van der Waals surface area contributed by atoms with Gasteiger partial charge in [-0.25, -0.2) is 13.9 Å². The summed E-state index contributed by atoms with van der Waals surface area (Å²) >= 11 is 6.19. The molecule has 6 rings (SSSR count). The van der Waals surface area contributed by atoms with Crippen molar-refractivity contribution >= 4 is 23.2 Å². The molecule has 36 heavy (non-hydrogen) atoms. The first-order valence-electron chi connectivity index (χ1n) is 12.5. The van der Waals surface area contributed by atoms with E-state index in [1.807, 2.05) is 13.8 Å². The van der Waals surface area contributed by atoms with Crippen molar-refractivity contribution in [1.82, 2.24) is 24.4 Å². The zero-order chi connectivity index (χ0) is 25.1. The monoisotopic (exact) mass is 513 g/mol. The lowest BCUT2D eigenvalue weighted by Gasteiger charge is -2.39. The van der Waals surface area contributed by atoms with Crippen LogP contribution in [0, 0.1) is 12.7 Å². The number of aliphatic hydroxyl groups excluding tert-OH is 1. The number of aliphatic hydroxyl groups is 1. The number of nitrogens with zero attached hydrogens (tertiary/aromatic N) is 5. The minimum atomic E-state index is -0.435. The molecule has 4 atom stereocenters. The first-order valence-corrected chi connectivity index (χ1v) is 12.9. The van der Waals surface area contributed by atoms with E-state index in [-0.39, 0.29) is 23.9 Å². The number of fused-ring (bicyclic) bond motifs is 5. The van der Waals surface area contributed by atoms with Crippen LogP contribution in [0.4, 0.5) is 4.39 Å². The molecular weight excluding hydrogens is 485 g/mol. The lowest BCUT2D eigenvalue weighted by molar-refractivity contribution is 0.0214. The first kappa shape index (κ1) is 23.6. The van der Waals surface area contributed by atoms with Crippen molar-refractivity contribution in [1.29, 1.82) is 0 Å². The van der Waals surface area contributed by atoms with E-state index in [1.54, 1.807) is 15.6 Å². The predicted molar refractivity (Wildman–Crippen MR) is 132 cm³/mol. The molecule has 1 amide bonds. The number of carbonyl (C=O) groups excluding carboxylic acids is 1. The number of hydrogen-bond donors (Lipinski definition) is 1. The van der Waals surface area contributed by atoms with Crippen LogP contribution in [-0.2, 0) is 13.1 Å². The van der Waals surface area contributed by atoms with Crippen LogP contribution in [0.1, 0.15) is 59.9 Å². The fraction of sp³-hybridized carbons (Fsp3) is 0.500. The van der Waals surface area contributed by atoms with E-state index in [2.05, 4.69) is 15.0 Å². The zero-order valence-corrected chi connectivity index (χ0v) is 21.1. The third-order valence-electron chi connectivity index (χ3n) is 7.76. The molecule has 10 heteroatoms. The summed E-state index contributed by atoms with van der Waals surface area (Å²) in [4.78, 5) is 22.1. The predicted octanol–water partition coefficient (Wildman–Crippen LogP) is 3.74. The average Bonchev–Trinajstić information content (AvgIpc) is 3.45. The minimum Gasteiger partial charge on any atom is -0.489 e. The Morgan fingerprint density at radius 2 is 2.03 bits per heavy atom. The molecule has 0 saturated carbocycles. The van der Waals surface area contributed by atoms with Gasteiger partial charge in [0.1, 0.15) is 17.7 Å². The van der Waals surface area contributed by atoms with Crippen molar-refractivity contribution in [3.63, 3.8) is 0 Å². The summed E-state index contributed by atoms with van der Waals surface area (Å²) in [5.74, 6) is -0.371. The largest absolute Gasteiger partial charge is 0.489 e. The number of halogens is 2. The smallest absolute Gasteiger partial charge is 0.258 e. The Morgan fingerprint density at radius 1 is 1.28 bits per heavy atom. The number of hydrogen-bond acceptors (Lipinski definition) is 6.